The predicted octanol–water partition coefficient (Wildman–Crippen LogP) is 2.67. The molecular formula is C15H20O4. The lowest BCUT2D eigenvalue weighted by Gasteiger charge is -2.15. The van der Waals surface area contributed by atoms with Crippen LogP contribution >= 0.6 is 0 Å². The van der Waals surface area contributed by atoms with E-state index in [4.69, 9.17) is 14.6 Å². The molecule has 0 spiro atoms. The molecule has 1 aromatic rings. The predicted molar refractivity (Wildman–Crippen MR) is 71.9 cm³/mol. The first-order valence-corrected chi connectivity index (χ1v) is 6.76. The molecule has 1 unspecified atom stereocenters. The lowest BCUT2D eigenvalue weighted by atomic mass is 9.95. The molecule has 1 aliphatic heterocycles. The average Bonchev–Trinajstić information content (AvgIpc) is 2.62. The van der Waals surface area contributed by atoms with Gasteiger partial charge in [0, 0.05) is 6.42 Å². The largest absolute Gasteiger partial charge is 0.490 e. The Morgan fingerprint density at radius 1 is 1.26 bits per heavy atom. The Hall–Kier alpha value is -1.71. The summed E-state index contributed by atoms with van der Waals surface area (Å²) in [5.74, 6) is 0.354. The maximum Gasteiger partial charge on any atom is 0.306 e. The summed E-state index contributed by atoms with van der Waals surface area (Å²) >= 11 is 0. The minimum atomic E-state index is -0.769. The van der Waals surface area contributed by atoms with Crippen LogP contribution in [0.2, 0.25) is 0 Å². The molecule has 1 N–H and O–H groups in total. The number of benzene rings is 1. The van der Waals surface area contributed by atoms with E-state index in [2.05, 4.69) is 6.92 Å². The van der Waals surface area contributed by atoms with Gasteiger partial charge in [0.2, 0.25) is 0 Å². The normalized spacial score (nSPS) is 15.7. The Balaban J connectivity index is 2.31. The molecule has 19 heavy (non-hydrogen) atoms. The van der Waals surface area contributed by atoms with Crippen molar-refractivity contribution in [2.45, 2.75) is 33.1 Å². The lowest BCUT2D eigenvalue weighted by molar-refractivity contribution is -0.141. The van der Waals surface area contributed by atoms with Crippen LogP contribution in [0.1, 0.15) is 31.4 Å². The van der Waals surface area contributed by atoms with E-state index in [1.807, 2.05) is 12.1 Å². The third-order valence-electron chi connectivity index (χ3n) is 3.40. The van der Waals surface area contributed by atoms with Crippen LogP contribution < -0.4 is 9.47 Å². The van der Waals surface area contributed by atoms with Crippen molar-refractivity contribution in [2.24, 2.45) is 5.92 Å². The number of carboxylic acids is 1. The van der Waals surface area contributed by atoms with Crippen molar-refractivity contribution < 1.29 is 19.4 Å². The molecule has 0 aromatic heterocycles. The highest BCUT2D eigenvalue weighted by Gasteiger charge is 2.18. The molecule has 0 radical (unpaired) electrons. The highest BCUT2D eigenvalue weighted by Crippen LogP contribution is 2.34. The number of aryl methyl sites for hydroxylation is 1. The van der Waals surface area contributed by atoms with Gasteiger partial charge in [-0.05, 0) is 36.1 Å². The van der Waals surface area contributed by atoms with Gasteiger partial charge in [-0.1, -0.05) is 13.8 Å². The van der Waals surface area contributed by atoms with E-state index in [1.165, 1.54) is 0 Å². The van der Waals surface area contributed by atoms with Crippen LogP contribution in [-0.2, 0) is 17.6 Å². The molecule has 0 saturated heterocycles. The molecular weight excluding hydrogens is 244 g/mol. The second-order valence-corrected chi connectivity index (χ2v) is 4.92. The number of carboxylic acid groups (broad SMARTS) is 1. The molecule has 1 aliphatic rings. The molecule has 1 heterocycles. The molecule has 4 nitrogen and oxygen atoms in total. The summed E-state index contributed by atoms with van der Waals surface area (Å²) in [6, 6.07) is 3.93. The van der Waals surface area contributed by atoms with Gasteiger partial charge in [0.1, 0.15) is 0 Å². The van der Waals surface area contributed by atoms with E-state index in [9.17, 15) is 4.79 Å². The zero-order chi connectivity index (χ0) is 13.8. The first-order valence-electron chi connectivity index (χ1n) is 6.76. The molecule has 0 fully saturated rings. The molecule has 1 aromatic carbocycles. The molecule has 1 atom stereocenters. The SMILES string of the molecule is CCc1cc2c(cc1CC(C)C(=O)O)OCCCO2. The Labute approximate surface area is 113 Å². The molecule has 0 aliphatic carbocycles. The Bertz CT molecular complexity index is 467. The first-order chi connectivity index (χ1) is 9.11. The average molecular weight is 264 g/mol. The Morgan fingerprint density at radius 2 is 1.84 bits per heavy atom. The Kier molecular flexibility index (Phi) is 4.30. The van der Waals surface area contributed by atoms with Gasteiger partial charge >= 0.3 is 5.97 Å². The molecule has 0 bridgehead atoms. The van der Waals surface area contributed by atoms with E-state index in [0.29, 0.717) is 19.6 Å². The van der Waals surface area contributed by atoms with Crippen molar-refractivity contribution in [1.29, 1.82) is 0 Å². The summed E-state index contributed by atoms with van der Waals surface area (Å²) in [6.07, 6.45) is 2.25. The number of rotatable bonds is 4. The minimum Gasteiger partial charge on any atom is -0.490 e. The molecule has 0 amide bonds. The number of hydrogen-bond acceptors (Lipinski definition) is 3. The quantitative estimate of drug-likeness (QED) is 0.908. The van der Waals surface area contributed by atoms with Crippen LogP contribution in [-0.4, -0.2) is 24.3 Å². The monoisotopic (exact) mass is 264 g/mol. The van der Waals surface area contributed by atoms with Crippen molar-refractivity contribution in [3.63, 3.8) is 0 Å². The first kappa shape index (κ1) is 13.7. The van der Waals surface area contributed by atoms with Gasteiger partial charge in [0.05, 0.1) is 19.1 Å². The van der Waals surface area contributed by atoms with E-state index in [0.717, 1.165) is 35.5 Å². The van der Waals surface area contributed by atoms with E-state index in [1.54, 1.807) is 6.92 Å². The fourth-order valence-electron chi connectivity index (χ4n) is 2.23. The maximum absolute atomic E-state index is 11.0. The van der Waals surface area contributed by atoms with Crippen molar-refractivity contribution >= 4 is 5.97 Å². The van der Waals surface area contributed by atoms with Crippen molar-refractivity contribution in [1.82, 2.24) is 0 Å². The Morgan fingerprint density at radius 3 is 2.37 bits per heavy atom. The van der Waals surface area contributed by atoms with Crippen LogP contribution in [0.15, 0.2) is 12.1 Å². The second kappa shape index (κ2) is 5.95. The molecule has 4 heteroatoms. The van der Waals surface area contributed by atoms with Crippen LogP contribution in [0, 0.1) is 5.92 Å². The van der Waals surface area contributed by atoms with Crippen molar-refractivity contribution in [2.75, 3.05) is 13.2 Å². The van der Waals surface area contributed by atoms with E-state index < -0.39 is 11.9 Å². The van der Waals surface area contributed by atoms with Gasteiger partial charge in [-0.3, -0.25) is 4.79 Å². The summed E-state index contributed by atoms with van der Waals surface area (Å²) in [4.78, 5) is 11.0. The van der Waals surface area contributed by atoms with E-state index >= 15 is 0 Å². The summed E-state index contributed by atoms with van der Waals surface area (Å²) in [7, 11) is 0. The van der Waals surface area contributed by atoms with Gasteiger partial charge < -0.3 is 14.6 Å². The van der Waals surface area contributed by atoms with Gasteiger partial charge in [0.25, 0.3) is 0 Å². The number of carbonyl (C=O) groups is 1. The van der Waals surface area contributed by atoms with Crippen LogP contribution in [0.4, 0.5) is 0 Å². The van der Waals surface area contributed by atoms with Crippen molar-refractivity contribution in [3.8, 4) is 11.5 Å². The summed E-state index contributed by atoms with van der Waals surface area (Å²) in [6.45, 7) is 5.10. The smallest absolute Gasteiger partial charge is 0.306 e. The number of fused-ring (bicyclic) bond motifs is 1. The third kappa shape index (κ3) is 3.19. The highest BCUT2D eigenvalue weighted by atomic mass is 16.5. The van der Waals surface area contributed by atoms with Gasteiger partial charge in [0.15, 0.2) is 11.5 Å². The zero-order valence-corrected chi connectivity index (χ0v) is 11.4. The molecule has 0 saturated carbocycles. The molecule has 104 valence electrons. The van der Waals surface area contributed by atoms with Crippen LogP contribution in [0.5, 0.6) is 11.5 Å². The number of aliphatic carboxylic acids is 1. The van der Waals surface area contributed by atoms with Crippen molar-refractivity contribution in [3.05, 3.63) is 23.3 Å². The van der Waals surface area contributed by atoms with Crippen LogP contribution in [0.25, 0.3) is 0 Å². The third-order valence-corrected chi connectivity index (χ3v) is 3.40. The number of hydrogen-bond donors (Lipinski definition) is 1. The summed E-state index contributed by atoms with van der Waals surface area (Å²) in [5.41, 5.74) is 2.18. The summed E-state index contributed by atoms with van der Waals surface area (Å²) < 4.78 is 11.3. The molecule has 2 rings (SSSR count). The number of ether oxygens (including phenoxy) is 2. The fourth-order valence-corrected chi connectivity index (χ4v) is 2.23. The lowest BCUT2D eigenvalue weighted by Crippen LogP contribution is -2.13. The van der Waals surface area contributed by atoms with Gasteiger partial charge in [-0.2, -0.15) is 0 Å². The van der Waals surface area contributed by atoms with Gasteiger partial charge in [-0.25, -0.2) is 0 Å². The fraction of sp³-hybridized carbons (Fsp3) is 0.533. The van der Waals surface area contributed by atoms with Crippen LogP contribution in [0.3, 0.4) is 0 Å². The zero-order valence-electron chi connectivity index (χ0n) is 11.4. The van der Waals surface area contributed by atoms with E-state index in [-0.39, 0.29) is 0 Å². The highest BCUT2D eigenvalue weighted by molar-refractivity contribution is 5.70. The standard InChI is InChI=1S/C15H20O4/c1-3-11-8-13-14(19-6-4-5-18-13)9-12(11)7-10(2)15(16)17/h8-10H,3-7H2,1-2H3,(H,16,17). The maximum atomic E-state index is 11.0. The minimum absolute atomic E-state index is 0.393. The van der Waals surface area contributed by atoms with Gasteiger partial charge in [-0.15, -0.1) is 0 Å². The second-order valence-electron chi connectivity index (χ2n) is 4.92. The summed E-state index contributed by atoms with van der Waals surface area (Å²) in [5, 5.41) is 9.03. The topological polar surface area (TPSA) is 55.8 Å².